The predicted molar refractivity (Wildman–Crippen MR) is 84.5 cm³/mol. The Morgan fingerprint density at radius 3 is 2.60 bits per heavy atom. The first kappa shape index (κ1) is 15.0. The summed E-state index contributed by atoms with van der Waals surface area (Å²) in [6, 6.07) is 4.31. The summed E-state index contributed by atoms with van der Waals surface area (Å²) in [7, 11) is 0. The molecule has 2 aromatic rings. The molecule has 20 heavy (non-hydrogen) atoms. The number of aromatic nitrogens is 3. The van der Waals surface area contributed by atoms with E-state index >= 15 is 0 Å². The molecule has 0 saturated heterocycles. The third-order valence-electron chi connectivity index (χ3n) is 2.74. The van der Waals surface area contributed by atoms with Crippen LogP contribution in [0.25, 0.3) is 0 Å². The van der Waals surface area contributed by atoms with Crippen LogP contribution in [-0.2, 0) is 0 Å². The molecule has 0 bridgehead atoms. The Morgan fingerprint density at radius 1 is 1.25 bits per heavy atom. The average molecular weight is 312 g/mol. The molecule has 0 aliphatic heterocycles. The van der Waals surface area contributed by atoms with Gasteiger partial charge in [-0.05, 0) is 35.9 Å². The quantitative estimate of drug-likeness (QED) is 0.849. The molecule has 0 amide bonds. The summed E-state index contributed by atoms with van der Waals surface area (Å²) in [5.41, 5.74) is 0. The molecule has 0 aliphatic carbocycles. The van der Waals surface area contributed by atoms with Crippen LogP contribution in [0, 0.1) is 5.92 Å². The number of thiophene rings is 1. The number of rotatable bonds is 6. The summed E-state index contributed by atoms with van der Waals surface area (Å²) < 4.78 is 0. The Labute approximate surface area is 127 Å². The van der Waals surface area contributed by atoms with Crippen LogP contribution in [-0.4, -0.2) is 21.5 Å². The number of anilines is 2. The van der Waals surface area contributed by atoms with Crippen LogP contribution in [0.3, 0.4) is 0 Å². The number of hydrogen-bond donors (Lipinski definition) is 2. The Morgan fingerprint density at radius 2 is 2.00 bits per heavy atom. The van der Waals surface area contributed by atoms with Crippen LogP contribution in [0.2, 0.25) is 5.28 Å². The van der Waals surface area contributed by atoms with Gasteiger partial charge in [-0.15, -0.1) is 11.3 Å². The highest BCUT2D eigenvalue weighted by atomic mass is 35.5. The van der Waals surface area contributed by atoms with Gasteiger partial charge in [0.2, 0.25) is 17.2 Å². The molecular formula is C13H18ClN5S. The number of nitrogens with one attached hydrogen (secondary N) is 2. The average Bonchev–Trinajstić information content (AvgIpc) is 2.89. The van der Waals surface area contributed by atoms with E-state index in [1.807, 2.05) is 13.0 Å². The Kier molecular flexibility index (Phi) is 5.14. The van der Waals surface area contributed by atoms with Crippen LogP contribution in [0.15, 0.2) is 17.5 Å². The van der Waals surface area contributed by atoms with Gasteiger partial charge in [0.05, 0.1) is 6.04 Å². The molecule has 108 valence electrons. The van der Waals surface area contributed by atoms with Gasteiger partial charge in [-0.3, -0.25) is 0 Å². The van der Waals surface area contributed by atoms with E-state index in [-0.39, 0.29) is 11.3 Å². The maximum Gasteiger partial charge on any atom is 0.229 e. The summed E-state index contributed by atoms with van der Waals surface area (Å²) in [6.07, 6.45) is 0. The fourth-order valence-electron chi connectivity index (χ4n) is 1.83. The zero-order chi connectivity index (χ0) is 14.5. The SMILES string of the molecule is CCNc1nc(Cl)nc(NC(c2cccs2)C(C)C)n1. The second-order valence-corrected chi connectivity index (χ2v) is 5.98. The molecule has 0 aromatic carbocycles. The van der Waals surface area contributed by atoms with Gasteiger partial charge in [0.15, 0.2) is 0 Å². The molecule has 0 fully saturated rings. The molecule has 2 aromatic heterocycles. The molecule has 0 aliphatic rings. The molecule has 1 unspecified atom stereocenters. The maximum atomic E-state index is 5.93. The van der Waals surface area contributed by atoms with E-state index in [1.165, 1.54) is 4.88 Å². The van der Waals surface area contributed by atoms with Gasteiger partial charge in [0, 0.05) is 11.4 Å². The molecule has 0 radical (unpaired) electrons. The summed E-state index contributed by atoms with van der Waals surface area (Å²) in [5, 5.41) is 8.64. The van der Waals surface area contributed by atoms with E-state index in [2.05, 4.69) is 50.9 Å². The van der Waals surface area contributed by atoms with Crippen molar-refractivity contribution in [2.24, 2.45) is 5.92 Å². The standard InChI is InChI=1S/C13H18ClN5S/c1-4-15-12-17-11(14)18-13(19-12)16-10(8(2)3)9-6-5-7-20-9/h5-8,10H,4H2,1-3H3,(H2,15,16,17,18,19). The molecule has 5 nitrogen and oxygen atoms in total. The van der Waals surface area contributed by atoms with E-state index in [0.717, 1.165) is 6.54 Å². The van der Waals surface area contributed by atoms with Gasteiger partial charge in [0.25, 0.3) is 0 Å². The van der Waals surface area contributed by atoms with Crippen molar-refractivity contribution >= 4 is 34.8 Å². The lowest BCUT2D eigenvalue weighted by Gasteiger charge is -2.21. The van der Waals surface area contributed by atoms with E-state index < -0.39 is 0 Å². The molecule has 7 heteroatoms. The monoisotopic (exact) mass is 311 g/mol. The normalized spacial score (nSPS) is 12.4. The Balaban J connectivity index is 2.22. The largest absolute Gasteiger partial charge is 0.354 e. The lowest BCUT2D eigenvalue weighted by atomic mass is 10.0. The summed E-state index contributed by atoms with van der Waals surface area (Å²) in [5.74, 6) is 1.39. The van der Waals surface area contributed by atoms with Gasteiger partial charge in [0.1, 0.15) is 0 Å². The molecule has 2 N–H and O–H groups in total. The number of halogens is 1. The summed E-state index contributed by atoms with van der Waals surface area (Å²) >= 11 is 7.65. The van der Waals surface area contributed by atoms with Crippen molar-refractivity contribution in [2.45, 2.75) is 26.8 Å². The molecule has 0 saturated carbocycles. The molecule has 0 spiro atoms. The first-order valence-electron chi connectivity index (χ1n) is 6.55. The van der Waals surface area contributed by atoms with Crippen molar-refractivity contribution in [3.05, 3.63) is 27.7 Å². The van der Waals surface area contributed by atoms with Crippen LogP contribution in [0.5, 0.6) is 0 Å². The van der Waals surface area contributed by atoms with Gasteiger partial charge in [-0.25, -0.2) is 0 Å². The van der Waals surface area contributed by atoms with E-state index in [0.29, 0.717) is 17.8 Å². The minimum atomic E-state index is 0.156. The van der Waals surface area contributed by atoms with Crippen molar-refractivity contribution in [1.29, 1.82) is 0 Å². The van der Waals surface area contributed by atoms with Gasteiger partial charge in [-0.1, -0.05) is 19.9 Å². The second kappa shape index (κ2) is 6.85. The summed E-state index contributed by atoms with van der Waals surface area (Å²) in [6.45, 7) is 7.03. The fourth-order valence-corrected chi connectivity index (χ4v) is 2.93. The van der Waals surface area contributed by atoms with Crippen LogP contribution in [0.1, 0.15) is 31.7 Å². The highest BCUT2D eigenvalue weighted by Gasteiger charge is 2.18. The minimum absolute atomic E-state index is 0.156. The smallest absolute Gasteiger partial charge is 0.229 e. The summed E-state index contributed by atoms with van der Waals surface area (Å²) in [4.78, 5) is 13.8. The van der Waals surface area contributed by atoms with Crippen LogP contribution in [0.4, 0.5) is 11.9 Å². The Bertz CT molecular complexity index is 544. The van der Waals surface area contributed by atoms with Crippen LogP contribution < -0.4 is 10.6 Å². The van der Waals surface area contributed by atoms with E-state index in [1.54, 1.807) is 11.3 Å². The molecule has 1 atom stereocenters. The van der Waals surface area contributed by atoms with Crippen molar-refractivity contribution in [3.8, 4) is 0 Å². The fraction of sp³-hybridized carbons (Fsp3) is 0.462. The Hall–Kier alpha value is -1.40. The minimum Gasteiger partial charge on any atom is -0.354 e. The van der Waals surface area contributed by atoms with Gasteiger partial charge < -0.3 is 10.6 Å². The second-order valence-electron chi connectivity index (χ2n) is 4.66. The third kappa shape index (κ3) is 3.80. The lowest BCUT2D eigenvalue weighted by Crippen LogP contribution is -2.18. The molecular weight excluding hydrogens is 294 g/mol. The van der Waals surface area contributed by atoms with Gasteiger partial charge in [-0.2, -0.15) is 15.0 Å². The van der Waals surface area contributed by atoms with Gasteiger partial charge >= 0.3 is 0 Å². The zero-order valence-corrected chi connectivity index (χ0v) is 13.3. The van der Waals surface area contributed by atoms with E-state index in [4.69, 9.17) is 11.6 Å². The topological polar surface area (TPSA) is 62.7 Å². The number of hydrogen-bond acceptors (Lipinski definition) is 6. The molecule has 2 rings (SSSR count). The highest BCUT2D eigenvalue weighted by Crippen LogP contribution is 2.29. The van der Waals surface area contributed by atoms with Crippen LogP contribution >= 0.6 is 22.9 Å². The van der Waals surface area contributed by atoms with Crippen molar-refractivity contribution in [3.63, 3.8) is 0 Å². The third-order valence-corrected chi connectivity index (χ3v) is 3.87. The first-order valence-corrected chi connectivity index (χ1v) is 7.81. The first-order chi connectivity index (χ1) is 9.60. The maximum absolute atomic E-state index is 5.93. The molecule has 2 heterocycles. The zero-order valence-electron chi connectivity index (χ0n) is 11.7. The predicted octanol–water partition coefficient (Wildman–Crippen LogP) is 3.83. The van der Waals surface area contributed by atoms with Crippen molar-refractivity contribution in [2.75, 3.05) is 17.2 Å². The van der Waals surface area contributed by atoms with Crippen molar-refractivity contribution < 1.29 is 0 Å². The van der Waals surface area contributed by atoms with E-state index in [9.17, 15) is 0 Å². The highest BCUT2D eigenvalue weighted by molar-refractivity contribution is 7.10. The van der Waals surface area contributed by atoms with Crippen molar-refractivity contribution in [1.82, 2.24) is 15.0 Å². The number of nitrogens with zero attached hydrogens (tertiary/aromatic N) is 3. The lowest BCUT2D eigenvalue weighted by molar-refractivity contribution is 0.550.